The van der Waals surface area contributed by atoms with Gasteiger partial charge in [-0.3, -0.25) is 9.59 Å². The van der Waals surface area contributed by atoms with Crippen molar-refractivity contribution in [2.75, 3.05) is 5.32 Å². The molecule has 28 heavy (non-hydrogen) atoms. The van der Waals surface area contributed by atoms with Crippen LogP contribution in [-0.2, 0) is 4.84 Å². The van der Waals surface area contributed by atoms with Gasteiger partial charge >= 0.3 is 0 Å². The lowest BCUT2D eigenvalue weighted by molar-refractivity contribution is 0.00831. The monoisotopic (exact) mass is 383 g/mol. The molecule has 2 heterocycles. The summed E-state index contributed by atoms with van der Waals surface area (Å²) in [4.78, 5) is 31.0. The third-order valence-corrected chi connectivity index (χ3v) is 4.43. The van der Waals surface area contributed by atoms with Crippen LogP contribution in [0.1, 0.15) is 67.4 Å². The van der Waals surface area contributed by atoms with Crippen LogP contribution in [0.5, 0.6) is 0 Å². The maximum absolute atomic E-state index is 11.9. The van der Waals surface area contributed by atoms with E-state index in [0.717, 1.165) is 23.4 Å². The number of aromatic amines is 1. The highest BCUT2D eigenvalue weighted by Crippen LogP contribution is 2.28. The molecule has 150 valence electrons. The topological polar surface area (TPSA) is 83.5 Å². The molecule has 0 bridgehead atoms. The van der Waals surface area contributed by atoms with Gasteiger partial charge in [0.1, 0.15) is 11.8 Å². The number of Topliss-reactive ketones (excluding diaryl/α,β-unsaturated/α-hetero) is 1. The number of aromatic nitrogens is 1. The summed E-state index contributed by atoms with van der Waals surface area (Å²) in [6.07, 6.45) is 2.81. The Balaban J connectivity index is 0.000000237. The normalized spacial score (nSPS) is 15.8. The number of oxime groups is 1. The van der Waals surface area contributed by atoms with E-state index in [0.29, 0.717) is 11.3 Å². The molecule has 1 aliphatic rings. The van der Waals surface area contributed by atoms with Crippen molar-refractivity contribution in [2.24, 2.45) is 10.6 Å². The summed E-state index contributed by atoms with van der Waals surface area (Å²) in [5.41, 5.74) is 4.07. The number of carbonyl (C=O) groups excluding carboxylic acids is 2. The SMILES string of the molecule is CC(=O)c1c[nH]c(C(=O)Nc2ccc(C)cc2)c1.CC1=NOC(C(C)(C)C)C1. The van der Waals surface area contributed by atoms with Crippen molar-refractivity contribution >= 4 is 23.1 Å². The zero-order valence-corrected chi connectivity index (χ0v) is 17.4. The van der Waals surface area contributed by atoms with Gasteiger partial charge in [0.25, 0.3) is 5.91 Å². The van der Waals surface area contributed by atoms with E-state index in [-0.39, 0.29) is 23.2 Å². The molecule has 1 unspecified atom stereocenters. The van der Waals surface area contributed by atoms with E-state index < -0.39 is 0 Å². The van der Waals surface area contributed by atoms with Crippen molar-refractivity contribution < 1.29 is 14.4 Å². The molecule has 0 saturated heterocycles. The summed E-state index contributed by atoms with van der Waals surface area (Å²) >= 11 is 0. The van der Waals surface area contributed by atoms with Crippen LogP contribution in [0, 0.1) is 12.3 Å². The van der Waals surface area contributed by atoms with Gasteiger partial charge in [0.2, 0.25) is 0 Å². The van der Waals surface area contributed by atoms with Crippen LogP contribution in [0.4, 0.5) is 5.69 Å². The number of H-pyrrole nitrogens is 1. The quantitative estimate of drug-likeness (QED) is 0.734. The minimum Gasteiger partial charge on any atom is -0.392 e. The van der Waals surface area contributed by atoms with E-state index in [1.807, 2.05) is 38.1 Å². The summed E-state index contributed by atoms with van der Waals surface area (Å²) in [5, 5.41) is 6.66. The van der Waals surface area contributed by atoms with Crippen LogP contribution in [0.25, 0.3) is 0 Å². The lowest BCUT2D eigenvalue weighted by atomic mass is 9.87. The van der Waals surface area contributed by atoms with Crippen molar-refractivity contribution in [2.45, 2.75) is 54.1 Å². The molecule has 2 aromatic rings. The van der Waals surface area contributed by atoms with E-state index in [4.69, 9.17) is 4.84 Å². The molecule has 2 N–H and O–H groups in total. The number of nitrogens with zero attached hydrogens (tertiary/aromatic N) is 1. The van der Waals surface area contributed by atoms with E-state index in [9.17, 15) is 9.59 Å². The summed E-state index contributed by atoms with van der Waals surface area (Å²) in [5.74, 6) is -0.327. The van der Waals surface area contributed by atoms with Crippen LogP contribution >= 0.6 is 0 Å². The second-order valence-corrected chi connectivity index (χ2v) is 8.17. The highest BCUT2D eigenvalue weighted by Gasteiger charge is 2.30. The molecule has 1 atom stereocenters. The van der Waals surface area contributed by atoms with Gasteiger partial charge in [0.15, 0.2) is 5.78 Å². The van der Waals surface area contributed by atoms with Gasteiger partial charge in [-0.1, -0.05) is 43.6 Å². The lowest BCUT2D eigenvalue weighted by Crippen LogP contribution is -2.25. The lowest BCUT2D eigenvalue weighted by Gasteiger charge is -2.23. The molecule has 1 amide bonds. The fourth-order valence-electron chi connectivity index (χ4n) is 2.52. The maximum atomic E-state index is 11.9. The third kappa shape index (κ3) is 6.08. The molecule has 1 aliphatic heterocycles. The van der Waals surface area contributed by atoms with Crippen molar-refractivity contribution in [3.8, 4) is 0 Å². The van der Waals surface area contributed by atoms with Gasteiger partial charge < -0.3 is 15.1 Å². The van der Waals surface area contributed by atoms with Crippen molar-refractivity contribution in [3.63, 3.8) is 0 Å². The van der Waals surface area contributed by atoms with Gasteiger partial charge in [0.05, 0.1) is 5.71 Å². The summed E-state index contributed by atoms with van der Waals surface area (Å²) in [6, 6.07) is 9.06. The van der Waals surface area contributed by atoms with Crippen molar-refractivity contribution in [1.82, 2.24) is 4.98 Å². The molecule has 0 saturated carbocycles. The summed E-state index contributed by atoms with van der Waals surface area (Å²) in [6.45, 7) is 12.0. The van der Waals surface area contributed by atoms with E-state index >= 15 is 0 Å². The molecule has 1 aromatic heterocycles. The van der Waals surface area contributed by atoms with Crippen molar-refractivity contribution in [1.29, 1.82) is 0 Å². The number of hydrogen-bond donors (Lipinski definition) is 2. The molecule has 3 rings (SSSR count). The molecular weight excluding hydrogens is 354 g/mol. The van der Waals surface area contributed by atoms with Crippen molar-refractivity contribution in [3.05, 3.63) is 53.3 Å². The van der Waals surface area contributed by atoms with Crippen LogP contribution in [0.2, 0.25) is 0 Å². The third-order valence-electron chi connectivity index (χ3n) is 4.43. The van der Waals surface area contributed by atoms with Gasteiger partial charge in [-0.15, -0.1) is 0 Å². The first-order valence-corrected chi connectivity index (χ1v) is 9.33. The van der Waals surface area contributed by atoms with Crippen LogP contribution in [0.3, 0.4) is 0 Å². The predicted molar refractivity (Wildman–Crippen MR) is 112 cm³/mol. The average Bonchev–Trinajstić information content (AvgIpc) is 3.26. The second kappa shape index (κ2) is 8.87. The number of nitrogens with one attached hydrogen (secondary N) is 2. The first-order chi connectivity index (χ1) is 13.1. The van der Waals surface area contributed by atoms with Gasteiger partial charge in [-0.05, 0) is 39.0 Å². The standard InChI is InChI=1S/C14H14N2O2.C8H15NO/c1-9-3-5-12(6-4-9)16-14(18)13-7-11(8-15-13)10(2)17;1-6-5-7(10-9-6)8(2,3)4/h3-8,15H,1-2H3,(H,16,18);7H,5H2,1-4H3. The Morgan fingerprint density at radius 2 is 1.82 bits per heavy atom. The van der Waals surface area contributed by atoms with E-state index in [2.05, 4.69) is 36.2 Å². The number of hydrogen-bond acceptors (Lipinski definition) is 4. The van der Waals surface area contributed by atoms with Gasteiger partial charge in [-0.2, -0.15) is 0 Å². The zero-order valence-electron chi connectivity index (χ0n) is 17.4. The fourth-order valence-corrected chi connectivity index (χ4v) is 2.52. The number of aryl methyl sites for hydroxylation is 1. The molecule has 0 fully saturated rings. The number of amides is 1. The maximum Gasteiger partial charge on any atom is 0.272 e. The van der Waals surface area contributed by atoms with Gasteiger partial charge in [-0.25, -0.2) is 0 Å². The Morgan fingerprint density at radius 3 is 2.25 bits per heavy atom. The van der Waals surface area contributed by atoms with E-state index in [1.54, 1.807) is 6.07 Å². The molecule has 6 nitrogen and oxygen atoms in total. The first kappa shape index (κ1) is 21.4. The fraction of sp³-hybridized carbons (Fsp3) is 0.409. The molecule has 1 aromatic carbocycles. The molecule has 0 spiro atoms. The highest BCUT2D eigenvalue weighted by atomic mass is 16.6. The van der Waals surface area contributed by atoms with E-state index in [1.165, 1.54) is 13.1 Å². The zero-order chi connectivity index (χ0) is 20.9. The summed E-state index contributed by atoms with van der Waals surface area (Å²) in [7, 11) is 0. The van der Waals surface area contributed by atoms with Crippen LogP contribution in [-0.4, -0.2) is 28.5 Å². The predicted octanol–water partition coefficient (Wildman–Crippen LogP) is 4.98. The Bertz CT molecular complexity index is 858. The molecule has 0 aliphatic carbocycles. The number of benzene rings is 1. The Hall–Kier alpha value is -2.89. The largest absolute Gasteiger partial charge is 0.392 e. The molecule has 6 heteroatoms. The van der Waals surface area contributed by atoms with Crippen LogP contribution < -0.4 is 5.32 Å². The minimum atomic E-state index is -0.258. The molecular formula is C22H29N3O3. The Kier molecular flexibility index (Phi) is 6.78. The molecule has 0 radical (unpaired) electrons. The summed E-state index contributed by atoms with van der Waals surface area (Å²) < 4.78 is 0. The number of rotatable bonds is 3. The highest BCUT2D eigenvalue weighted by molar-refractivity contribution is 6.05. The Labute approximate surface area is 166 Å². The second-order valence-electron chi connectivity index (χ2n) is 8.17. The van der Waals surface area contributed by atoms with Gasteiger partial charge in [0, 0.05) is 29.3 Å². The smallest absolute Gasteiger partial charge is 0.272 e. The first-order valence-electron chi connectivity index (χ1n) is 9.33. The average molecular weight is 383 g/mol. The van der Waals surface area contributed by atoms with Crippen LogP contribution in [0.15, 0.2) is 41.7 Å². The number of carbonyl (C=O) groups is 2. The Morgan fingerprint density at radius 1 is 1.18 bits per heavy atom. The number of ketones is 1. The minimum absolute atomic E-state index is 0.0689. The number of anilines is 1.